The molecule has 1 aromatic carbocycles. The first kappa shape index (κ1) is 17.9. The molecule has 1 aliphatic carbocycles. The molecule has 0 spiro atoms. The van der Waals surface area contributed by atoms with E-state index < -0.39 is 0 Å². The van der Waals surface area contributed by atoms with Gasteiger partial charge in [-0.25, -0.2) is 4.79 Å². The van der Waals surface area contributed by atoms with Gasteiger partial charge in [0.15, 0.2) is 11.5 Å². The van der Waals surface area contributed by atoms with E-state index in [2.05, 4.69) is 15.5 Å². The van der Waals surface area contributed by atoms with Crippen LogP contribution in [0.3, 0.4) is 0 Å². The number of rotatable bonds is 5. The first-order valence-corrected chi connectivity index (χ1v) is 9.15. The number of hydrogen-bond donors (Lipinski definition) is 2. The smallest absolute Gasteiger partial charge is 0.319 e. The van der Waals surface area contributed by atoms with E-state index in [-0.39, 0.29) is 12.1 Å². The number of aryl methyl sites for hydroxylation is 1. The van der Waals surface area contributed by atoms with Crippen molar-refractivity contribution in [2.24, 2.45) is 0 Å². The van der Waals surface area contributed by atoms with Gasteiger partial charge in [-0.3, -0.25) is 4.90 Å². The number of benzene rings is 1. The Morgan fingerprint density at radius 2 is 1.80 bits per heavy atom. The molecule has 1 heterocycles. The second-order valence-electron chi connectivity index (χ2n) is 7.04. The van der Waals surface area contributed by atoms with Gasteiger partial charge in [0, 0.05) is 36.9 Å². The van der Waals surface area contributed by atoms with E-state index in [1.165, 1.54) is 25.7 Å². The van der Waals surface area contributed by atoms with Gasteiger partial charge < -0.3 is 20.1 Å². The molecule has 6 nitrogen and oxygen atoms in total. The number of hydrogen-bond acceptors (Lipinski definition) is 4. The van der Waals surface area contributed by atoms with Crippen molar-refractivity contribution in [3.63, 3.8) is 0 Å². The van der Waals surface area contributed by atoms with Crippen LogP contribution in [0.25, 0.3) is 0 Å². The Morgan fingerprint density at radius 1 is 1.12 bits per heavy atom. The molecule has 138 valence electrons. The molecular formula is C19H29N3O3. The monoisotopic (exact) mass is 347 g/mol. The van der Waals surface area contributed by atoms with Crippen molar-refractivity contribution in [2.75, 3.05) is 32.6 Å². The lowest BCUT2D eigenvalue weighted by molar-refractivity contribution is 0.234. The van der Waals surface area contributed by atoms with Crippen LogP contribution in [-0.2, 0) is 0 Å². The third-order valence-corrected chi connectivity index (χ3v) is 5.37. The van der Waals surface area contributed by atoms with Gasteiger partial charge in [0.2, 0.25) is 0 Å². The number of ether oxygens (including phenoxy) is 2. The molecule has 1 saturated heterocycles. The highest BCUT2D eigenvalue weighted by Crippen LogP contribution is 2.33. The molecule has 1 saturated carbocycles. The highest BCUT2D eigenvalue weighted by Gasteiger charge is 2.30. The van der Waals surface area contributed by atoms with Crippen molar-refractivity contribution in [1.82, 2.24) is 10.2 Å². The van der Waals surface area contributed by atoms with E-state index in [0.717, 1.165) is 36.8 Å². The van der Waals surface area contributed by atoms with Gasteiger partial charge in [-0.2, -0.15) is 0 Å². The van der Waals surface area contributed by atoms with Crippen LogP contribution in [0.4, 0.5) is 10.5 Å². The highest BCUT2D eigenvalue weighted by molar-refractivity contribution is 5.90. The van der Waals surface area contributed by atoms with Crippen LogP contribution < -0.4 is 20.1 Å². The SMILES string of the molecule is COc1cc(C)c(NC(=O)NC2CCN(C3CCCC3)C2)cc1OC. The summed E-state index contributed by atoms with van der Waals surface area (Å²) < 4.78 is 10.6. The van der Waals surface area contributed by atoms with Crippen LogP contribution in [0.1, 0.15) is 37.7 Å². The van der Waals surface area contributed by atoms with Crippen LogP contribution in [0, 0.1) is 6.92 Å². The molecule has 0 aromatic heterocycles. The summed E-state index contributed by atoms with van der Waals surface area (Å²) in [6, 6.07) is 4.46. The summed E-state index contributed by atoms with van der Waals surface area (Å²) in [5.74, 6) is 1.27. The predicted octanol–water partition coefficient (Wildman–Crippen LogP) is 3.15. The maximum Gasteiger partial charge on any atom is 0.319 e. The molecular weight excluding hydrogens is 318 g/mol. The molecule has 1 atom stereocenters. The van der Waals surface area contributed by atoms with Gasteiger partial charge in [-0.05, 0) is 37.8 Å². The Bertz CT molecular complexity index is 614. The van der Waals surface area contributed by atoms with Gasteiger partial charge in [0.25, 0.3) is 0 Å². The van der Waals surface area contributed by atoms with Crippen molar-refractivity contribution in [3.8, 4) is 11.5 Å². The summed E-state index contributed by atoms with van der Waals surface area (Å²) in [6.07, 6.45) is 6.33. The summed E-state index contributed by atoms with van der Waals surface area (Å²) in [6.45, 7) is 3.99. The van der Waals surface area contributed by atoms with Gasteiger partial charge in [-0.1, -0.05) is 12.8 Å². The minimum absolute atomic E-state index is 0.159. The molecule has 1 aromatic rings. The number of anilines is 1. The van der Waals surface area contributed by atoms with Gasteiger partial charge >= 0.3 is 6.03 Å². The second kappa shape index (κ2) is 7.95. The van der Waals surface area contributed by atoms with Gasteiger partial charge in [-0.15, -0.1) is 0 Å². The molecule has 0 bridgehead atoms. The summed E-state index contributed by atoms with van der Waals surface area (Å²) in [4.78, 5) is 14.9. The van der Waals surface area contributed by atoms with E-state index in [9.17, 15) is 4.79 Å². The third-order valence-electron chi connectivity index (χ3n) is 5.37. The average Bonchev–Trinajstić information content (AvgIpc) is 3.27. The quantitative estimate of drug-likeness (QED) is 0.859. The number of nitrogens with one attached hydrogen (secondary N) is 2. The number of carbonyl (C=O) groups is 1. The topological polar surface area (TPSA) is 62.8 Å². The third kappa shape index (κ3) is 4.18. The fraction of sp³-hybridized carbons (Fsp3) is 0.632. The standard InChI is InChI=1S/C19H29N3O3/c1-13-10-17(24-2)18(25-3)11-16(13)21-19(23)20-14-8-9-22(12-14)15-6-4-5-7-15/h10-11,14-15H,4-9,12H2,1-3H3,(H2,20,21,23). The zero-order valence-electron chi connectivity index (χ0n) is 15.4. The number of methoxy groups -OCH3 is 2. The Balaban J connectivity index is 1.56. The normalized spacial score (nSPS) is 21.3. The molecule has 2 fully saturated rings. The van der Waals surface area contributed by atoms with Crippen molar-refractivity contribution < 1.29 is 14.3 Å². The lowest BCUT2D eigenvalue weighted by Gasteiger charge is -2.23. The van der Waals surface area contributed by atoms with E-state index in [1.807, 2.05) is 13.0 Å². The number of carbonyl (C=O) groups excluding carboxylic acids is 1. The fourth-order valence-electron chi connectivity index (χ4n) is 3.97. The van der Waals surface area contributed by atoms with E-state index in [0.29, 0.717) is 11.5 Å². The predicted molar refractivity (Wildman–Crippen MR) is 98.7 cm³/mol. The lowest BCUT2D eigenvalue weighted by Crippen LogP contribution is -2.41. The molecule has 1 aliphatic heterocycles. The summed E-state index contributed by atoms with van der Waals surface area (Å²) in [7, 11) is 3.19. The highest BCUT2D eigenvalue weighted by atomic mass is 16.5. The molecule has 1 unspecified atom stereocenters. The van der Waals surface area contributed by atoms with Gasteiger partial charge in [0.05, 0.1) is 14.2 Å². The van der Waals surface area contributed by atoms with Crippen LogP contribution >= 0.6 is 0 Å². The maximum atomic E-state index is 12.4. The zero-order chi connectivity index (χ0) is 17.8. The molecule has 0 radical (unpaired) electrons. The first-order valence-electron chi connectivity index (χ1n) is 9.15. The van der Waals surface area contributed by atoms with Crippen LogP contribution in [0.2, 0.25) is 0 Å². The van der Waals surface area contributed by atoms with Gasteiger partial charge in [0.1, 0.15) is 0 Å². The minimum Gasteiger partial charge on any atom is -0.493 e. The Kier molecular flexibility index (Phi) is 5.68. The van der Waals surface area contributed by atoms with Crippen molar-refractivity contribution in [2.45, 2.75) is 51.1 Å². The first-order chi connectivity index (χ1) is 12.1. The summed E-state index contributed by atoms with van der Waals surface area (Å²) in [5.41, 5.74) is 1.67. The summed E-state index contributed by atoms with van der Waals surface area (Å²) >= 11 is 0. The Labute approximate surface area is 149 Å². The maximum absolute atomic E-state index is 12.4. The molecule has 2 aliphatic rings. The minimum atomic E-state index is -0.159. The number of likely N-dealkylation sites (tertiary alicyclic amines) is 1. The number of amides is 2. The van der Waals surface area contributed by atoms with Crippen molar-refractivity contribution in [3.05, 3.63) is 17.7 Å². The van der Waals surface area contributed by atoms with Crippen LogP contribution in [-0.4, -0.2) is 50.3 Å². The largest absolute Gasteiger partial charge is 0.493 e. The average molecular weight is 347 g/mol. The lowest BCUT2D eigenvalue weighted by atomic mass is 10.1. The van der Waals surface area contributed by atoms with Crippen LogP contribution in [0.15, 0.2) is 12.1 Å². The zero-order valence-corrected chi connectivity index (χ0v) is 15.4. The molecule has 6 heteroatoms. The molecule has 2 N–H and O–H groups in total. The molecule has 3 rings (SSSR count). The van der Waals surface area contributed by atoms with E-state index in [4.69, 9.17) is 9.47 Å². The fourth-order valence-corrected chi connectivity index (χ4v) is 3.97. The second-order valence-corrected chi connectivity index (χ2v) is 7.04. The van der Waals surface area contributed by atoms with Crippen molar-refractivity contribution in [1.29, 1.82) is 0 Å². The van der Waals surface area contributed by atoms with Crippen molar-refractivity contribution >= 4 is 11.7 Å². The van der Waals surface area contributed by atoms with E-state index in [1.54, 1.807) is 20.3 Å². The van der Waals surface area contributed by atoms with Crippen LogP contribution in [0.5, 0.6) is 11.5 Å². The molecule has 2 amide bonds. The van der Waals surface area contributed by atoms with E-state index >= 15 is 0 Å². The molecule has 25 heavy (non-hydrogen) atoms. The Hall–Kier alpha value is -1.95. The summed E-state index contributed by atoms with van der Waals surface area (Å²) in [5, 5.41) is 6.05. The Morgan fingerprint density at radius 3 is 2.48 bits per heavy atom. The number of urea groups is 1. The number of nitrogens with zero attached hydrogens (tertiary/aromatic N) is 1.